The van der Waals surface area contributed by atoms with Crippen molar-refractivity contribution < 1.29 is 18.7 Å². The minimum Gasteiger partial charge on any atom is -0.465 e. The molecule has 154 valence electrons. The van der Waals surface area contributed by atoms with Crippen molar-refractivity contribution in [2.75, 3.05) is 38.2 Å². The van der Waals surface area contributed by atoms with Crippen LogP contribution in [-0.4, -0.2) is 54.8 Å². The van der Waals surface area contributed by atoms with Crippen LogP contribution in [0, 0.1) is 6.92 Å². The number of nitrogens with one attached hydrogen (secondary N) is 2. The largest absolute Gasteiger partial charge is 0.465 e. The van der Waals surface area contributed by atoms with Crippen LogP contribution < -0.4 is 10.6 Å². The summed E-state index contributed by atoms with van der Waals surface area (Å²) in [5.74, 6) is 1.41. The van der Waals surface area contributed by atoms with E-state index in [0.717, 1.165) is 35.2 Å². The van der Waals surface area contributed by atoms with Crippen LogP contribution in [0.1, 0.15) is 24.0 Å². The van der Waals surface area contributed by atoms with E-state index in [9.17, 15) is 9.59 Å². The van der Waals surface area contributed by atoms with Crippen molar-refractivity contribution in [3.8, 4) is 0 Å². The Balaban J connectivity index is 1.37. The summed E-state index contributed by atoms with van der Waals surface area (Å²) in [6.07, 6.45) is 0.137. The maximum absolute atomic E-state index is 12.6. The number of morpholine rings is 1. The smallest absolute Gasteiger partial charge is 0.238 e. The number of furan rings is 1. The molecule has 1 aromatic heterocycles. The third-order valence-electron chi connectivity index (χ3n) is 5.15. The van der Waals surface area contributed by atoms with Crippen LogP contribution >= 0.6 is 11.8 Å². The SMILES string of the molecule is Cc1ccc(C(CNC(=O)CC2Sc3ccccc3NC2=O)N2CCOCC2)o1. The third kappa shape index (κ3) is 4.83. The Kier molecular flexibility index (Phi) is 6.22. The highest BCUT2D eigenvalue weighted by Crippen LogP contribution is 2.36. The first kappa shape index (κ1) is 20.0. The zero-order valence-corrected chi connectivity index (χ0v) is 17.2. The van der Waals surface area contributed by atoms with E-state index >= 15 is 0 Å². The van der Waals surface area contributed by atoms with E-state index in [1.165, 1.54) is 11.8 Å². The minimum absolute atomic E-state index is 0.0508. The van der Waals surface area contributed by atoms with Crippen LogP contribution in [0.15, 0.2) is 45.7 Å². The van der Waals surface area contributed by atoms with Crippen LogP contribution in [-0.2, 0) is 14.3 Å². The zero-order chi connectivity index (χ0) is 20.2. The molecule has 29 heavy (non-hydrogen) atoms. The average Bonchev–Trinajstić information content (AvgIpc) is 3.15. The Morgan fingerprint density at radius 3 is 2.83 bits per heavy atom. The molecule has 4 rings (SSSR count). The predicted molar refractivity (Wildman–Crippen MR) is 111 cm³/mol. The molecule has 0 aliphatic carbocycles. The zero-order valence-electron chi connectivity index (χ0n) is 16.3. The van der Waals surface area contributed by atoms with Gasteiger partial charge in [-0.25, -0.2) is 0 Å². The monoisotopic (exact) mass is 415 g/mol. The molecule has 8 heteroatoms. The van der Waals surface area contributed by atoms with Gasteiger partial charge in [0.1, 0.15) is 11.5 Å². The topological polar surface area (TPSA) is 83.8 Å². The van der Waals surface area contributed by atoms with Gasteiger partial charge in [-0.3, -0.25) is 14.5 Å². The first-order chi connectivity index (χ1) is 14.1. The number of carbonyl (C=O) groups excluding carboxylic acids is 2. The van der Waals surface area contributed by atoms with Gasteiger partial charge in [0.15, 0.2) is 0 Å². The van der Waals surface area contributed by atoms with Gasteiger partial charge in [-0.1, -0.05) is 12.1 Å². The molecule has 0 saturated carbocycles. The van der Waals surface area contributed by atoms with Gasteiger partial charge >= 0.3 is 0 Å². The van der Waals surface area contributed by atoms with Crippen LogP contribution in [0.4, 0.5) is 5.69 Å². The Morgan fingerprint density at radius 2 is 2.07 bits per heavy atom. The lowest BCUT2D eigenvalue weighted by atomic mass is 10.1. The quantitative estimate of drug-likeness (QED) is 0.755. The summed E-state index contributed by atoms with van der Waals surface area (Å²) >= 11 is 1.44. The number of rotatable bonds is 6. The number of carbonyl (C=O) groups is 2. The van der Waals surface area contributed by atoms with Crippen molar-refractivity contribution >= 4 is 29.3 Å². The average molecular weight is 416 g/mol. The lowest BCUT2D eigenvalue weighted by Crippen LogP contribution is -2.44. The first-order valence-corrected chi connectivity index (χ1v) is 10.7. The normalized spacial score (nSPS) is 20.6. The van der Waals surface area contributed by atoms with Gasteiger partial charge in [0.25, 0.3) is 0 Å². The highest BCUT2D eigenvalue weighted by molar-refractivity contribution is 8.01. The van der Waals surface area contributed by atoms with Crippen LogP contribution in [0.5, 0.6) is 0 Å². The number of amides is 2. The summed E-state index contributed by atoms with van der Waals surface area (Å²) in [5.41, 5.74) is 0.805. The van der Waals surface area contributed by atoms with Crippen molar-refractivity contribution in [3.05, 3.63) is 47.9 Å². The number of para-hydroxylation sites is 1. The Morgan fingerprint density at radius 1 is 1.28 bits per heavy atom. The van der Waals surface area contributed by atoms with Gasteiger partial charge in [0.2, 0.25) is 11.8 Å². The molecule has 7 nitrogen and oxygen atoms in total. The molecule has 1 aromatic carbocycles. The number of thioether (sulfide) groups is 1. The van der Waals surface area contributed by atoms with Crippen LogP contribution in [0.2, 0.25) is 0 Å². The first-order valence-electron chi connectivity index (χ1n) is 9.81. The molecule has 2 amide bonds. The Hall–Kier alpha value is -2.29. The van der Waals surface area contributed by atoms with Crippen molar-refractivity contribution in [3.63, 3.8) is 0 Å². The summed E-state index contributed by atoms with van der Waals surface area (Å²) in [4.78, 5) is 28.2. The van der Waals surface area contributed by atoms with E-state index < -0.39 is 5.25 Å². The number of aryl methyl sites for hydroxylation is 1. The highest BCUT2D eigenvalue weighted by Gasteiger charge is 2.30. The van der Waals surface area contributed by atoms with Gasteiger partial charge in [-0.05, 0) is 31.2 Å². The fourth-order valence-corrected chi connectivity index (χ4v) is 4.72. The fourth-order valence-electron chi connectivity index (χ4n) is 3.61. The molecule has 2 aromatic rings. The second-order valence-corrected chi connectivity index (χ2v) is 8.46. The van der Waals surface area contributed by atoms with E-state index in [-0.39, 0.29) is 24.3 Å². The van der Waals surface area contributed by atoms with E-state index in [0.29, 0.717) is 19.8 Å². The van der Waals surface area contributed by atoms with E-state index in [2.05, 4.69) is 15.5 Å². The third-order valence-corrected chi connectivity index (χ3v) is 6.42. The maximum atomic E-state index is 12.6. The molecule has 0 radical (unpaired) electrons. The lowest BCUT2D eigenvalue weighted by molar-refractivity contribution is -0.124. The van der Waals surface area contributed by atoms with E-state index in [1.54, 1.807) is 0 Å². The molecular weight excluding hydrogens is 390 g/mol. The van der Waals surface area contributed by atoms with Crippen LogP contribution in [0.25, 0.3) is 0 Å². The Bertz CT molecular complexity index is 878. The summed E-state index contributed by atoms with van der Waals surface area (Å²) in [6.45, 7) is 5.26. The van der Waals surface area contributed by atoms with Gasteiger partial charge in [0, 0.05) is 31.0 Å². The fraction of sp³-hybridized carbons (Fsp3) is 0.429. The molecular formula is C21H25N3O4S. The molecule has 2 aliphatic heterocycles. The maximum Gasteiger partial charge on any atom is 0.238 e. The molecule has 2 unspecified atom stereocenters. The van der Waals surface area contributed by atoms with Gasteiger partial charge in [-0.2, -0.15) is 0 Å². The number of hydrogen-bond acceptors (Lipinski definition) is 6. The van der Waals surface area contributed by atoms with E-state index in [4.69, 9.17) is 9.15 Å². The van der Waals surface area contributed by atoms with Gasteiger partial charge in [0.05, 0.1) is 30.2 Å². The lowest BCUT2D eigenvalue weighted by Gasteiger charge is -2.33. The summed E-state index contributed by atoms with van der Waals surface area (Å²) in [7, 11) is 0. The number of benzene rings is 1. The number of ether oxygens (including phenoxy) is 1. The van der Waals surface area contributed by atoms with Crippen molar-refractivity contribution in [1.29, 1.82) is 0 Å². The van der Waals surface area contributed by atoms with Gasteiger partial charge in [-0.15, -0.1) is 11.8 Å². The van der Waals surface area contributed by atoms with Crippen molar-refractivity contribution in [1.82, 2.24) is 10.2 Å². The van der Waals surface area contributed by atoms with Crippen LogP contribution in [0.3, 0.4) is 0 Å². The number of hydrogen-bond donors (Lipinski definition) is 2. The van der Waals surface area contributed by atoms with Crippen molar-refractivity contribution in [2.45, 2.75) is 29.5 Å². The van der Waals surface area contributed by atoms with E-state index in [1.807, 2.05) is 43.3 Å². The molecule has 2 atom stereocenters. The summed E-state index contributed by atoms with van der Waals surface area (Å²) in [6, 6.07) is 11.5. The molecule has 0 bridgehead atoms. The standard InChI is InChI=1S/C21H25N3O4S/c1-14-6-7-17(28-14)16(24-8-10-27-11-9-24)13-22-20(25)12-19-21(26)23-15-4-2-3-5-18(15)29-19/h2-7,16,19H,8-13H2,1H3,(H,22,25)(H,23,26). The van der Waals surface area contributed by atoms with Gasteiger partial charge < -0.3 is 19.8 Å². The number of fused-ring (bicyclic) bond motifs is 1. The van der Waals surface area contributed by atoms with Crippen molar-refractivity contribution in [2.24, 2.45) is 0 Å². The molecule has 0 spiro atoms. The highest BCUT2D eigenvalue weighted by atomic mass is 32.2. The predicted octanol–water partition coefficient (Wildman–Crippen LogP) is 2.58. The summed E-state index contributed by atoms with van der Waals surface area (Å²) < 4.78 is 11.3. The molecule has 1 fully saturated rings. The Labute approximate surface area is 174 Å². The molecule has 1 saturated heterocycles. The second-order valence-electron chi connectivity index (χ2n) is 7.21. The number of nitrogens with zero attached hydrogens (tertiary/aromatic N) is 1. The second kappa shape index (κ2) is 9.02. The minimum atomic E-state index is -0.433. The summed E-state index contributed by atoms with van der Waals surface area (Å²) in [5, 5.41) is 5.46. The molecule has 2 aliphatic rings. The molecule has 2 N–H and O–H groups in total. The molecule has 3 heterocycles. The number of anilines is 1.